The average Bonchev–Trinajstić information content (AvgIpc) is 2.43. The highest BCUT2D eigenvalue weighted by Crippen LogP contribution is 2.10. The van der Waals surface area contributed by atoms with Crippen molar-refractivity contribution in [2.75, 3.05) is 6.61 Å². The van der Waals surface area contributed by atoms with Crippen LogP contribution < -0.4 is 0 Å². The Labute approximate surface area is 120 Å². The van der Waals surface area contributed by atoms with Crippen LogP contribution in [0.4, 0.5) is 0 Å². The van der Waals surface area contributed by atoms with Crippen LogP contribution in [0.2, 0.25) is 0 Å². The lowest BCUT2D eigenvalue weighted by Gasteiger charge is -2.00. The van der Waals surface area contributed by atoms with E-state index in [0.29, 0.717) is 0 Å². The first-order valence-corrected chi connectivity index (χ1v) is 8.32. The van der Waals surface area contributed by atoms with Crippen LogP contribution in [0, 0.1) is 0 Å². The van der Waals surface area contributed by atoms with E-state index in [4.69, 9.17) is 5.11 Å². The summed E-state index contributed by atoms with van der Waals surface area (Å²) in [4.78, 5) is 0. The fourth-order valence-electron chi connectivity index (χ4n) is 2.12. The van der Waals surface area contributed by atoms with Crippen LogP contribution in [0.5, 0.6) is 0 Å². The second-order valence-electron chi connectivity index (χ2n) is 5.30. The third kappa shape index (κ3) is 17.4. The van der Waals surface area contributed by atoms with E-state index < -0.39 is 0 Å². The molecule has 0 aliphatic heterocycles. The molecule has 0 aromatic rings. The first kappa shape index (κ1) is 18.4. The van der Waals surface area contributed by atoms with E-state index in [-0.39, 0.29) is 6.61 Å². The summed E-state index contributed by atoms with van der Waals surface area (Å²) >= 11 is 0. The molecule has 1 N–H and O–H groups in total. The van der Waals surface area contributed by atoms with Gasteiger partial charge in [-0.2, -0.15) is 0 Å². The lowest BCUT2D eigenvalue weighted by atomic mass is 10.1. The van der Waals surface area contributed by atoms with Crippen molar-refractivity contribution in [2.24, 2.45) is 0 Å². The molecule has 0 amide bonds. The number of rotatable bonds is 14. The predicted molar refractivity (Wildman–Crippen MR) is 86.4 cm³/mol. The quantitative estimate of drug-likeness (QED) is 0.311. The SMILES string of the molecule is CCCC=CCCCCCCCCCC=CCCO. The van der Waals surface area contributed by atoms with Gasteiger partial charge in [-0.15, -0.1) is 0 Å². The monoisotopic (exact) mass is 266 g/mol. The van der Waals surface area contributed by atoms with Crippen molar-refractivity contribution in [2.45, 2.75) is 84.0 Å². The van der Waals surface area contributed by atoms with E-state index in [1.807, 2.05) is 0 Å². The third-order valence-electron chi connectivity index (χ3n) is 3.33. The minimum Gasteiger partial charge on any atom is -0.396 e. The summed E-state index contributed by atoms with van der Waals surface area (Å²) < 4.78 is 0. The highest BCUT2D eigenvalue weighted by molar-refractivity contribution is 4.81. The van der Waals surface area contributed by atoms with Crippen molar-refractivity contribution in [1.29, 1.82) is 0 Å². The van der Waals surface area contributed by atoms with Crippen LogP contribution in [0.15, 0.2) is 24.3 Å². The molecule has 0 aromatic carbocycles. The number of unbranched alkanes of at least 4 members (excludes halogenated alkanes) is 9. The Morgan fingerprint density at radius 2 is 1.00 bits per heavy atom. The van der Waals surface area contributed by atoms with Gasteiger partial charge in [-0.1, -0.05) is 69.8 Å². The predicted octanol–water partition coefficient (Wildman–Crippen LogP) is 5.79. The maximum absolute atomic E-state index is 8.61. The van der Waals surface area contributed by atoms with Crippen molar-refractivity contribution in [3.63, 3.8) is 0 Å². The molecule has 1 heteroatoms. The van der Waals surface area contributed by atoms with Gasteiger partial charge in [0.1, 0.15) is 0 Å². The summed E-state index contributed by atoms with van der Waals surface area (Å²) in [5.74, 6) is 0. The minimum atomic E-state index is 0.282. The highest BCUT2D eigenvalue weighted by atomic mass is 16.2. The van der Waals surface area contributed by atoms with E-state index >= 15 is 0 Å². The Balaban J connectivity index is 3.02. The van der Waals surface area contributed by atoms with Crippen molar-refractivity contribution in [1.82, 2.24) is 0 Å². The second kappa shape index (κ2) is 17.4. The molecule has 0 heterocycles. The van der Waals surface area contributed by atoms with E-state index in [0.717, 1.165) is 6.42 Å². The molecule has 0 fully saturated rings. The fraction of sp³-hybridized carbons (Fsp3) is 0.778. The summed E-state index contributed by atoms with van der Waals surface area (Å²) in [5, 5.41) is 8.61. The van der Waals surface area contributed by atoms with Crippen LogP contribution in [-0.2, 0) is 0 Å². The highest BCUT2D eigenvalue weighted by Gasteiger charge is 1.90. The van der Waals surface area contributed by atoms with Gasteiger partial charge in [-0.3, -0.25) is 0 Å². The largest absolute Gasteiger partial charge is 0.396 e. The zero-order valence-electron chi connectivity index (χ0n) is 12.9. The van der Waals surface area contributed by atoms with E-state index in [2.05, 4.69) is 31.2 Å². The lowest BCUT2D eigenvalue weighted by molar-refractivity contribution is 0.302. The second-order valence-corrected chi connectivity index (χ2v) is 5.30. The Kier molecular flexibility index (Phi) is 16.9. The standard InChI is InChI=1S/C18H34O/c1-2-3-4-5-6-7-8-9-10-11-12-13-14-15-16-17-18-19/h4-5,15-16,19H,2-3,6-14,17-18H2,1H3. The molecule has 0 spiro atoms. The van der Waals surface area contributed by atoms with Crippen LogP contribution in [0.3, 0.4) is 0 Å². The van der Waals surface area contributed by atoms with Gasteiger partial charge < -0.3 is 5.11 Å². The van der Waals surface area contributed by atoms with Crippen molar-refractivity contribution in [3.05, 3.63) is 24.3 Å². The lowest BCUT2D eigenvalue weighted by Crippen LogP contribution is -1.80. The van der Waals surface area contributed by atoms with Gasteiger partial charge in [0, 0.05) is 6.61 Å². The first-order valence-electron chi connectivity index (χ1n) is 8.32. The molecule has 0 aromatic heterocycles. The van der Waals surface area contributed by atoms with Crippen LogP contribution in [0.25, 0.3) is 0 Å². The van der Waals surface area contributed by atoms with Gasteiger partial charge in [-0.05, 0) is 38.5 Å². The van der Waals surface area contributed by atoms with Crippen molar-refractivity contribution < 1.29 is 5.11 Å². The third-order valence-corrected chi connectivity index (χ3v) is 3.33. The summed E-state index contributed by atoms with van der Waals surface area (Å²) in [6.45, 7) is 2.51. The van der Waals surface area contributed by atoms with Crippen molar-refractivity contribution >= 4 is 0 Å². The number of allylic oxidation sites excluding steroid dienone is 3. The van der Waals surface area contributed by atoms with E-state index in [1.54, 1.807) is 0 Å². The van der Waals surface area contributed by atoms with E-state index in [9.17, 15) is 0 Å². The fourth-order valence-corrected chi connectivity index (χ4v) is 2.12. The molecular formula is C18H34O. The Morgan fingerprint density at radius 3 is 1.47 bits per heavy atom. The van der Waals surface area contributed by atoms with Gasteiger partial charge in [0.05, 0.1) is 0 Å². The number of hydrogen-bond acceptors (Lipinski definition) is 1. The molecule has 0 saturated carbocycles. The van der Waals surface area contributed by atoms with Gasteiger partial charge in [0.15, 0.2) is 0 Å². The topological polar surface area (TPSA) is 20.2 Å². The summed E-state index contributed by atoms with van der Waals surface area (Å²) in [6, 6.07) is 0. The Hall–Kier alpha value is -0.560. The van der Waals surface area contributed by atoms with E-state index in [1.165, 1.54) is 70.6 Å². The van der Waals surface area contributed by atoms with Gasteiger partial charge >= 0.3 is 0 Å². The van der Waals surface area contributed by atoms with Crippen LogP contribution >= 0.6 is 0 Å². The molecule has 0 bridgehead atoms. The molecule has 0 radical (unpaired) electrons. The molecule has 0 rings (SSSR count). The number of aliphatic hydroxyl groups is 1. The van der Waals surface area contributed by atoms with Crippen LogP contribution in [0.1, 0.15) is 84.0 Å². The molecule has 1 nitrogen and oxygen atoms in total. The Morgan fingerprint density at radius 1 is 0.579 bits per heavy atom. The van der Waals surface area contributed by atoms with Crippen molar-refractivity contribution in [3.8, 4) is 0 Å². The molecule has 0 atom stereocenters. The number of aliphatic hydroxyl groups excluding tert-OH is 1. The van der Waals surface area contributed by atoms with Gasteiger partial charge in [0.25, 0.3) is 0 Å². The zero-order chi connectivity index (χ0) is 14.0. The van der Waals surface area contributed by atoms with Gasteiger partial charge in [-0.25, -0.2) is 0 Å². The first-order chi connectivity index (χ1) is 9.41. The molecule has 112 valence electrons. The maximum Gasteiger partial charge on any atom is 0.0465 e. The normalized spacial score (nSPS) is 11.9. The summed E-state index contributed by atoms with van der Waals surface area (Å²) in [6.07, 6.45) is 24.4. The summed E-state index contributed by atoms with van der Waals surface area (Å²) in [5.41, 5.74) is 0. The number of hydrogen-bond donors (Lipinski definition) is 1. The molecule has 0 aliphatic rings. The Bertz CT molecular complexity index is 184. The molecule has 0 aliphatic carbocycles. The van der Waals surface area contributed by atoms with Crippen LogP contribution in [-0.4, -0.2) is 11.7 Å². The average molecular weight is 266 g/mol. The molecule has 0 unspecified atom stereocenters. The molecule has 19 heavy (non-hydrogen) atoms. The molecule has 0 saturated heterocycles. The molecular weight excluding hydrogens is 232 g/mol. The smallest absolute Gasteiger partial charge is 0.0465 e. The minimum absolute atomic E-state index is 0.282. The maximum atomic E-state index is 8.61. The van der Waals surface area contributed by atoms with Gasteiger partial charge in [0.2, 0.25) is 0 Å². The zero-order valence-corrected chi connectivity index (χ0v) is 12.9. The summed E-state index contributed by atoms with van der Waals surface area (Å²) in [7, 11) is 0.